The van der Waals surface area contributed by atoms with Crippen molar-refractivity contribution in [3.63, 3.8) is 0 Å². The van der Waals surface area contributed by atoms with Crippen LogP contribution in [0, 0.1) is 0 Å². The highest BCUT2D eigenvalue weighted by atomic mass is 15.1. The van der Waals surface area contributed by atoms with Crippen LogP contribution < -0.4 is 4.90 Å². The smallest absolute Gasteiger partial charge is 0.0732 e. The molecule has 1 nitrogen and oxygen atoms in total. The van der Waals surface area contributed by atoms with Gasteiger partial charge in [0.15, 0.2) is 0 Å². The highest BCUT2D eigenvalue weighted by Crippen LogP contribution is 2.67. The van der Waals surface area contributed by atoms with Crippen LogP contribution >= 0.6 is 0 Å². The van der Waals surface area contributed by atoms with Gasteiger partial charge in [-0.1, -0.05) is 206 Å². The van der Waals surface area contributed by atoms with Gasteiger partial charge in [-0.05, 0) is 118 Å². The number of hydrogen-bond acceptors (Lipinski definition) is 1. The fourth-order valence-electron chi connectivity index (χ4n) is 11.2. The Morgan fingerprint density at radius 3 is 1.40 bits per heavy atom. The molecule has 11 aromatic rings. The van der Waals surface area contributed by atoms with E-state index in [9.17, 15) is 0 Å². The van der Waals surface area contributed by atoms with Gasteiger partial charge < -0.3 is 4.90 Å². The van der Waals surface area contributed by atoms with Gasteiger partial charge in [0.05, 0.1) is 16.8 Å². The van der Waals surface area contributed by atoms with Crippen LogP contribution in [0.2, 0.25) is 0 Å². The fraction of sp³-hybridized carbons (Fsp3) is 0.0164. The zero-order chi connectivity index (χ0) is 40.8. The third kappa shape index (κ3) is 4.79. The van der Waals surface area contributed by atoms with Crippen LogP contribution in [0.5, 0.6) is 0 Å². The lowest BCUT2D eigenvalue weighted by Gasteiger charge is -2.34. The van der Waals surface area contributed by atoms with E-state index in [1.807, 2.05) is 0 Å². The molecule has 0 N–H and O–H groups in total. The summed E-state index contributed by atoms with van der Waals surface area (Å²) in [5, 5.41) is 7.63. The largest absolute Gasteiger partial charge is 0.309 e. The van der Waals surface area contributed by atoms with E-state index in [4.69, 9.17) is 0 Å². The molecule has 2 aliphatic carbocycles. The molecule has 0 aromatic heterocycles. The standard InChI is InChI=1S/C61H39N/c1-4-20-40(21-5-1)42-36-37-56(52(38-42)41-22-6-2-7-23-41)62(43-24-8-3-9-25-43)57-39-55-58(50-32-14-12-30-48(50)57)59-49-31-13-10-26-44(49)45-27-11-15-33-51(45)60(59)61(55)53-34-18-16-28-46(53)47-29-17-19-35-54(47)61/h1-39H. The lowest BCUT2D eigenvalue weighted by molar-refractivity contribution is 0.802. The minimum atomic E-state index is -0.581. The minimum Gasteiger partial charge on any atom is -0.309 e. The Balaban J connectivity index is 1.21. The normalized spacial score (nSPS) is 13.0. The van der Waals surface area contributed by atoms with Gasteiger partial charge in [0.25, 0.3) is 0 Å². The van der Waals surface area contributed by atoms with Crippen molar-refractivity contribution in [2.24, 2.45) is 0 Å². The molecule has 0 radical (unpaired) electrons. The van der Waals surface area contributed by atoms with Gasteiger partial charge in [-0.3, -0.25) is 0 Å². The molecule has 11 aromatic carbocycles. The molecule has 0 aliphatic heterocycles. The second kappa shape index (κ2) is 13.5. The van der Waals surface area contributed by atoms with Crippen molar-refractivity contribution in [3.8, 4) is 44.5 Å². The number of fused-ring (bicyclic) bond motifs is 17. The van der Waals surface area contributed by atoms with Gasteiger partial charge in [0.2, 0.25) is 0 Å². The van der Waals surface area contributed by atoms with Crippen LogP contribution in [-0.2, 0) is 5.41 Å². The second-order valence-electron chi connectivity index (χ2n) is 16.7. The molecule has 2 aliphatic rings. The first-order chi connectivity index (χ1) is 30.8. The highest BCUT2D eigenvalue weighted by Gasteiger charge is 2.54. The first-order valence-electron chi connectivity index (χ1n) is 21.6. The zero-order valence-corrected chi connectivity index (χ0v) is 34.0. The minimum absolute atomic E-state index is 0.581. The van der Waals surface area contributed by atoms with E-state index in [-0.39, 0.29) is 0 Å². The van der Waals surface area contributed by atoms with E-state index in [1.165, 1.54) is 99.1 Å². The van der Waals surface area contributed by atoms with E-state index in [0.29, 0.717) is 0 Å². The van der Waals surface area contributed by atoms with Crippen molar-refractivity contribution >= 4 is 49.4 Å². The average Bonchev–Trinajstić information content (AvgIpc) is 3.83. The Hall–Kier alpha value is -8.00. The summed E-state index contributed by atoms with van der Waals surface area (Å²) in [4.78, 5) is 2.53. The Labute approximate surface area is 361 Å². The molecule has 288 valence electrons. The molecule has 0 atom stereocenters. The summed E-state index contributed by atoms with van der Waals surface area (Å²) in [6, 6.07) is 87.9. The fourth-order valence-corrected chi connectivity index (χ4v) is 11.2. The van der Waals surface area contributed by atoms with Crippen molar-refractivity contribution in [2.45, 2.75) is 5.41 Å². The number of para-hydroxylation sites is 1. The van der Waals surface area contributed by atoms with E-state index < -0.39 is 5.41 Å². The Morgan fingerprint density at radius 2 is 0.758 bits per heavy atom. The van der Waals surface area contributed by atoms with E-state index >= 15 is 0 Å². The number of anilines is 3. The Morgan fingerprint density at radius 1 is 0.274 bits per heavy atom. The van der Waals surface area contributed by atoms with Crippen molar-refractivity contribution in [1.82, 2.24) is 0 Å². The maximum Gasteiger partial charge on any atom is 0.0732 e. The molecular formula is C61H39N. The SMILES string of the molecule is c1ccc(-c2ccc(N(c3ccccc3)c3cc4c(c5ccccc35)-c3c(c5ccccc5c5ccccc35)C43c4ccccc4-c4ccccc43)c(-c3ccccc3)c2)cc1. The second-order valence-corrected chi connectivity index (χ2v) is 16.7. The number of nitrogens with zero attached hydrogens (tertiary/aromatic N) is 1. The molecule has 0 fully saturated rings. The monoisotopic (exact) mass is 785 g/mol. The van der Waals surface area contributed by atoms with E-state index in [2.05, 4.69) is 241 Å². The summed E-state index contributed by atoms with van der Waals surface area (Å²) < 4.78 is 0. The summed E-state index contributed by atoms with van der Waals surface area (Å²) in [5.74, 6) is 0. The maximum absolute atomic E-state index is 2.58. The molecule has 1 heteroatoms. The van der Waals surface area contributed by atoms with Crippen LogP contribution in [-0.4, -0.2) is 0 Å². The van der Waals surface area contributed by atoms with E-state index in [0.717, 1.165) is 17.1 Å². The molecule has 0 amide bonds. The quantitative estimate of drug-likeness (QED) is 0.157. The van der Waals surface area contributed by atoms with Crippen molar-refractivity contribution in [2.75, 3.05) is 4.90 Å². The van der Waals surface area contributed by atoms with Gasteiger partial charge >= 0.3 is 0 Å². The van der Waals surface area contributed by atoms with E-state index in [1.54, 1.807) is 0 Å². The number of benzene rings is 11. The molecule has 13 rings (SSSR count). The third-order valence-electron chi connectivity index (χ3n) is 13.6. The molecule has 0 saturated carbocycles. The van der Waals surface area contributed by atoms with Crippen LogP contribution in [0.25, 0.3) is 76.8 Å². The number of hydrogen-bond donors (Lipinski definition) is 0. The predicted octanol–water partition coefficient (Wildman–Crippen LogP) is 16.3. The van der Waals surface area contributed by atoms with Crippen LogP contribution in [0.3, 0.4) is 0 Å². The van der Waals surface area contributed by atoms with Crippen LogP contribution in [0.15, 0.2) is 237 Å². The highest BCUT2D eigenvalue weighted by molar-refractivity contribution is 6.24. The van der Waals surface area contributed by atoms with Crippen LogP contribution in [0.1, 0.15) is 22.3 Å². The molecule has 0 unspecified atom stereocenters. The topological polar surface area (TPSA) is 3.24 Å². The first-order valence-corrected chi connectivity index (χ1v) is 21.6. The Kier molecular flexibility index (Phi) is 7.59. The van der Waals surface area contributed by atoms with Gasteiger partial charge in [-0.15, -0.1) is 0 Å². The molecular weight excluding hydrogens is 747 g/mol. The molecule has 0 bridgehead atoms. The van der Waals surface area contributed by atoms with Crippen LogP contribution in [0.4, 0.5) is 17.1 Å². The first kappa shape index (κ1) is 34.8. The third-order valence-corrected chi connectivity index (χ3v) is 13.6. The summed E-state index contributed by atoms with van der Waals surface area (Å²) in [6.45, 7) is 0. The summed E-state index contributed by atoms with van der Waals surface area (Å²) in [6.07, 6.45) is 0. The van der Waals surface area contributed by atoms with Crippen molar-refractivity contribution in [1.29, 1.82) is 0 Å². The van der Waals surface area contributed by atoms with Gasteiger partial charge in [-0.25, -0.2) is 0 Å². The molecule has 0 heterocycles. The van der Waals surface area contributed by atoms with Crippen molar-refractivity contribution in [3.05, 3.63) is 259 Å². The lowest BCUT2D eigenvalue weighted by Crippen LogP contribution is -2.26. The predicted molar refractivity (Wildman–Crippen MR) is 261 cm³/mol. The zero-order valence-electron chi connectivity index (χ0n) is 34.0. The molecule has 0 saturated heterocycles. The summed E-state index contributed by atoms with van der Waals surface area (Å²) in [7, 11) is 0. The summed E-state index contributed by atoms with van der Waals surface area (Å²) >= 11 is 0. The average molecular weight is 786 g/mol. The maximum atomic E-state index is 2.58. The molecule has 1 spiro atoms. The van der Waals surface area contributed by atoms with Crippen molar-refractivity contribution < 1.29 is 0 Å². The molecule has 62 heavy (non-hydrogen) atoms. The Bertz CT molecular complexity index is 3520. The van der Waals surface area contributed by atoms with Gasteiger partial charge in [0.1, 0.15) is 0 Å². The van der Waals surface area contributed by atoms with Gasteiger partial charge in [-0.2, -0.15) is 0 Å². The lowest BCUT2D eigenvalue weighted by atomic mass is 9.69. The van der Waals surface area contributed by atoms with Gasteiger partial charge in [0, 0.05) is 16.6 Å². The number of rotatable bonds is 5. The summed E-state index contributed by atoms with van der Waals surface area (Å²) in [5.41, 5.74) is 18.2.